The van der Waals surface area contributed by atoms with Gasteiger partial charge in [0.25, 0.3) is 0 Å². The molecule has 0 unspecified atom stereocenters. The number of carbonyl (C=O) groups is 1. The molecule has 1 aromatic carbocycles. The maximum Gasteiger partial charge on any atom is 0.326 e. The highest BCUT2D eigenvalue weighted by molar-refractivity contribution is 5.76. The van der Waals surface area contributed by atoms with E-state index >= 15 is 0 Å². The Balaban J connectivity index is 2.10. The first-order chi connectivity index (χ1) is 11.1. The number of likely N-dealkylation sites (N-methyl/N-ethyl adjacent to an activating group) is 1. The molecule has 0 saturated heterocycles. The number of hydrogen-bond donors (Lipinski definition) is 1. The zero-order chi connectivity index (χ0) is 16.7. The molecule has 1 aliphatic carbocycles. The van der Waals surface area contributed by atoms with E-state index in [1.165, 1.54) is 6.42 Å². The summed E-state index contributed by atoms with van der Waals surface area (Å²) in [6.07, 6.45) is 4.84. The highest BCUT2D eigenvalue weighted by atomic mass is 16.5. The van der Waals surface area contributed by atoms with Crippen LogP contribution in [0, 0.1) is 5.92 Å². The summed E-state index contributed by atoms with van der Waals surface area (Å²) in [5, 5.41) is 10.8. The van der Waals surface area contributed by atoms with E-state index in [2.05, 4.69) is 0 Å². The SMILES string of the molecule is CCOC(=O)[C@@H]([C@H](O)C1CCCCC1)N(C)Cc1ccccc1. The van der Waals surface area contributed by atoms with E-state index in [1.54, 1.807) is 6.92 Å². The number of esters is 1. The van der Waals surface area contributed by atoms with Crippen molar-refractivity contribution in [2.24, 2.45) is 5.92 Å². The summed E-state index contributed by atoms with van der Waals surface area (Å²) in [6.45, 7) is 2.76. The Labute approximate surface area is 139 Å². The van der Waals surface area contributed by atoms with Crippen LogP contribution in [0.2, 0.25) is 0 Å². The molecule has 4 nitrogen and oxygen atoms in total. The van der Waals surface area contributed by atoms with Gasteiger partial charge < -0.3 is 9.84 Å². The molecule has 23 heavy (non-hydrogen) atoms. The van der Waals surface area contributed by atoms with Gasteiger partial charge in [0.2, 0.25) is 0 Å². The van der Waals surface area contributed by atoms with Gasteiger partial charge in [0.1, 0.15) is 6.04 Å². The van der Waals surface area contributed by atoms with Gasteiger partial charge in [-0.2, -0.15) is 0 Å². The van der Waals surface area contributed by atoms with E-state index in [-0.39, 0.29) is 11.9 Å². The summed E-state index contributed by atoms with van der Waals surface area (Å²) in [5.74, 6) is -0.125. The van der Waals surface area contributed by atoms with Crippen molar-refractivity contribution in [3.8, 4) is 0 Å². The Hall–Kier alpha value is -1.39. The normalized spacial score (nSPS) is 18.6. The number of rotatable bonds is 7. The lowest BCUT2D eigenvalue weighted by Crippen LogP contribution is -2.50. The first-order valence-corrected chi connectivity index (χ1v) is 8.72. The number of benzene rings is 1. The molecule has 2 rings (SSSR count). The Morgan fingerprint density at radius 1 is 1.26 bits per heavy atom. The molecule has 128 valence electrons. The molecule has 2 atom stereocenters. The Kier molecular flexibility index (Phi) is 7.06. The van der Waals surface area contributed by atoms with Gasteiger partial charge in [-0.25, -0.2) is 0 Å². The maximum absolute atomic E-state index is 12.4. The van der Waals surface area contributed by atoms with Gasteiger partial charge in [-0.3, -0.25) is 9.69 Å². The Morgan fingerprint density at radius 3 is 2.52 bits per heavy atom. The zero-order valence-corrected chi connectivity index (χ0v) is 14.3. The molecule has 0 spiro atoms. The number of carbonyl (C=O) groups excluding carboxylic acids is 1. The van der Waals surface area contributed by atoms with Gasteiger partial charge in [0.15, 0.2) is 0 Å². The highest BCUT2D eigenvalue weighted by Gasteiger charge is 2.37. The van der Waals surface area contributed by atoms with Crippen LogP contribution in [0.5, 0.6) is 0 Å². The second kappa shape index (κ2) is 9.04. The van der Waals surface area contributed by atoms with Crippen molar-refractivity contribution in [1.82, 2.24) is 4.90 Å². The lowest BCUT2D eigenvalue weighted by Gasteiger charge is -2.35. The number of nitrogens with zero attached hydrogens (tertiary/aromatic N) is 1. The van der Waals surface area contributed by atoms with Crippen LogP contribution >= 0.6 is 0 Å². The molecule has 0 amide bonds. The third kappa shape index (κ3) is 5.05. The van der Waals surface area contributed by atoms with E-state index < -0.39 is 12.1 Å². The molecule has 1 N–H and O–H groups in total. The highest BCUT2D eigenvalue weighted by Crippen LogP contribution is 2.29. The van der Waals surface area contributed by atoms with Crippen LogP contribution in [0.15, 0.2) is 30.3 Å². The van der Waals surface area contributed by atoms with E-state index in [1.807, 2.05) is 42.3 Å². The van der Waals surface area contributed by atoms with Crippen LogP contribution in [0.1, 0.15) is 44.6 Å². The van der Waals surface area contributed by atoms with E-state index in [9.17, 15) is 9.90 Å². The number of aliphatic hydroxyl groups excluding tert-OH is 1. The van der Waals surface area contributed by atoms with Gasteiger partial charge in [-0.1, -0.05) is 49.6 Å². The number of aliphatic hydroxyl groups is 1. The molecule has 1 saturated carbocycles. The van der Waals surface area contributed by atoms with Gasteiger partial charge in [-0.15, -0.1) is 0 Å². The molecule has 0 bridgehead atoms. The smallest absolute Gasteiger partial charge is 0.326 e. The first-order valence-electron chi connectivity index (χ1n) is 8.72. The van der Waals surface area contributed by atoms with Crippen LogP contribution in [-0.4, -0.2) is 41.8 Å². The summed E-state index contributed by atoms with van der Waals surface area (Å²) in [4.78, 5) is 14.4. The molecule has 1 fully saturated rings. The molecule has 1 aromatic rings. The largest absolute Gasteiger partial charge is 0.465 e. The van der Waals surface area contributed by atoms with Gasteiger partial charge in [0, 0.05) is 6.54 Å². The van der Waals surface area contributed by atoms with Crippen LogP contribution in [0.3, 0.4) is 0 Å². The van der Waals surface area contributed by atoms with Crippen LogP contribution in [0.25, 0.3) is 0 Å². The lowest BCUT2D eigenvalue weighted by atomic mass is 9.82. The fourth-order valence-corrected chi connectivity index (χ4v) is 3.51. The third-order valence-electron chi connectivity index (χ3n) is 4.73. The second-order valence-corrected chi connectivity index (χ2v) is 6.49. The molecule has 0 aromatic heterocycles. The monoisotopic (exact) mass is 319 g/mol. The predicted molar refractivity (Wildman–Crippen MR) is 90.9 cm³/mol. The number of hydrogen-bond acceptors (Lipinski definition) is 4. The summed E-state index contributed by atoms with van der Waals surface area (Å²) in [6, 6.07) is 9.42. The van der Waals surface area contributed by atoms with Crippen LogP contribution in [-0.2, 0) is 16.1 Å². The average Bonchev–Trinajstić information content (AvgIpc) is 2.57. The van der Waals surface area contributed by atoms with Crippen molar-refractivity contribution < 1.29 is 14.6 Å². The van der Waals surface area contributed by atoms with E-state index in [0.29, 0.717) is 13.2 Å². The Bertz CT molecular complexity index is 471. The summed E-state index contributed by atoms with van der Waals surface area (Å²) in [7, 11) is 1.89. The average molecular weight is 319 g/mol. The van der Waals surface area contributed by atoms with Crippen molar-refractivity contribution >= 4 is 5.97 Å². The van der Waals surface area contributed by atoms with Gasteiger partial charge in [-0.05, 0) is 38.3 Å². The minimum atomic E-state index is -0.664. The molecular formula is C19H29NO3. The molecule has 0 aliphatic heterocycles. The van der Waals surface area contributed by atoms with Gasteiger partial charge >= 0.3 is 5.97 Å². The number of ether oxygens (including phenoxy) is 1. The molecule has 0 radical (unpaired) electrons. The summed E-state index contributed by atoms with van der Waals surface area (Å²) in [5.41, 5.74) is 1.13. The third-order valence-corrected chi connectivity index (χ3v) is 4.73. The van der Waals surface area contributed by atoms with Crippen LogP contribution < -0.4 is 0 Å². The topological polar surface area (TPSA) is 49.8 Å². The quantitative estimate of drug-likeness (QED) is 0.785. The van der Waals surface area contributed by atoms with E-state index in [0.717, 1.165) is 31.2 Å². The second-order valence-electron chi connectivity index (χ2n) is 6.49. The van der Waals surface area contributed by atoms with Crippen molar-refractivity contribution in [3.63, 3.8) is 0 Å². The van der Waals surface area contributed by atoms with Gasteiger partial charge in [0.05, 0.1) is 12.7 Å². The molecular weight excluding hydrogens is 290 g/mol. The summed E-state index contributed by atoms with van der Waals surface area (Å²) < 4.78 is 5.23. The zero-order valence-electron chi connectivity index (χ0n) is 14.3. The van der Waals surface area contributed by atoms with Crippen molar-refractivity contribution in [3.05, 3.63) is 35.9 Å². The molecule has 0 heterocycles. The minimum absolute atomic E-state index is 0.191. The standard InChI is InChI=1S/C19H29NO3/c1-3-23-19(22)17(18(21)16-12-8-5-9-13-16)20(2)14-15-10-6-4-7-11-15/h4,6-7,10-11,16-18,21H,3,5,8-9,12-14H2,1-2H3/t17-,18-/m1/s1. The fraction of sp³-hybridized carbons (Fsp3) is 0.632. The van der Waals surface area contributed by atoms with Crippen molar-refractivity contribution in [2.45, 2.75) is 57.7 Å². The predicted octanol–water partition coefficient (Wildman–Crippen LogP) is 2.99. The van der Waals surface area contributed by atoms with Crippen molar-refractivity contribution in [1.29, 1.82) is 0 Å². The van der Waals surface area contributed by atoms with Crippen LogP contribution in [0.4, 0.5) is 0 Å². The molecule has 1 aliphatic rings. The first kappa shape index (κ1) is 18.0. The van der Waals surface area contributed by atoms with Crippen molar-refractivity contribution in [2.75, 3.05) is 13.7 Å². The minimum Gasteiger partial charge on any atom is -0.465 e. The Morgan fingerprint density at radius 2 is 1.91 bits per heavy atom. The lowest BCUT2D eigenvalue weighted by molar-refractivity contribution is -0.156. The molecule has 4 heteroatoms. The summed E-state index contributed by atoms with van der Waals surface area (Å²) >= 11 is 0. The maximum atomic E-state index is 12.4. The van der Waals surface area contributed by atoms with E-state index in [4.69, 9.17) is 4.74 Å². The fourth-order valence-electron chi connectivity index (χ4n) is 3.51.